The van der Waals surface area contributed by atoms with Crippen LogP contribution >= 0.6 is 0 Å². The van der Waals surface area contributed by atoms with Crippen LogP contribution in [0.4, 0.5) is 0 Å². The fourth-order valence-electron chi connectivity index (χ4n) is 3.32. The molecule has 0 aliphatic carbocycles. The van der Waals surface area contributed by atoms with Crippen molar-refractivity contribution in [1.82, 2.24) is 15.6 Å². The number of nitrogens with one attached hydrogen (secondary N) is 2. The number of amides is 1. The van der Waals surface area contributed by atoms with Crippen molar-refractivity contribution in [2.45, 2.75) is 37.4 Å². The zero-order valence-corrected chi connectivity index (χ0v) is 11.6. The van der Waals surface area contributed by atoms with E-state index in [0.29, 0.717) is 18.0 Å². The van der Waals surface area contributed by atoms with Crippen molar-refractivity contribution in [2.24, 2.45) is 0 Å². The first-order valence-corrected chi connectivity index (χ1v) is 7.38. The maximum atomic E-state index is 12.2. The summed E-state index contributed by atoms with van der Waals surface area (Å²) in [6.07, 6.45) is 4.87. The highest BCUT2D eigenvalue weighted by molar-refractivity contribution is 5.91. The summed E-state index contributed by atoms with van der Waals surface area (Å²) < 4.78 is 5.58. The average Bonchev–Trinajstić information content (AvgIpc) is 3.24. The Bertz CT molecular complexity index is 653. The van der Waals surface area contributed by atoms with Crippen LogP contribution < -0.4 is 10.6 Å². The Hall–Kier alpha value is -2.14. The van der Waals surface area contributed by atoms with Crippen molar-refractivity contribution >= 4 is 5.91 Å². The van der Waals surface area contributed by atoms with Gasteiger partial charge in [-0.3, -0.25) is 4.79 Å². The zero-order valence-electron chi connectivity index (χ0n) is 11.6. The second-order valence-corrected chi connectivity index (χ2v) is 5.76. The number of hydrogen-bond donors (Lipinski definition) is 2. The summed E-state index contributed by atoms with van der Waals surface area (Å²) in [5, 5.41) is 6.56. The van der Waals surface area contributed by atoms with Crippen LogP contribution in [0, 0.1) is 0 Å². The topological polar surface area (TPSA) is 67.2 Å². The second-order valence-electron chi connectivity index (χ2n) is 5.76. The largest absolute Gasteiger partial charge is 0.431 e. The number of carbonyl (C=O) groups excluding carboxylic acids is 1. The molecule has 2 saturated heterocycles. The van der Waals surface area contributed by atoms with Gasteiger partial charge in [0.25, 0.3) is 5.91 Å². The summed E-state index contributed by atoms with van der Waals surface area (Å²) in [6.45, 7) is 0. The van der Waals surface area contributed by atoms with Gasteiger partial charge in [-0.25, -0.2) is 4.98 Å². The van der Waals surface area contributed by atoms with Gasteiger partial charge < -0.3 is 15.1 Å². The van der Waals surface area contributed by atoms with E-state index in [1.807, 2.05) is 30.3 Å². The lowest BCUT2D eigenvalue weighted by Crippen LogP contribution is -2.42. The average molecular weight is 283 g/mol. The zero-order chi connectivity index (χ0) is 14.2. The van der Waals surface area contributed by atoms with Gasteiger partial charge >= 0.3 is 0 Å². The lowest BCUT2D eigenvalue weighted by molar-refractivity contribution is 0.0903. The van der Waals surface area contributed by atoms with Gasteiger partial charge in [0.1, 0.15) is 0 Å². The molecule has 4 rings (SSSR count). The van der Waals surface area contributed by atoms with Gasteiger partial charge in [0.15, 0.2) is 0 Å². The second kappa shape index (κ2) is 5.00. The van der Waals surface area contributed by atoms with Crippen LogP contribution in [-0.2, 0) is 0 Å². The van der Waals surface area contributed by atoms with Gasteiger partial charge in [0.2, 0.25) is 11.7 Å². The molecule has 0 unspecified atom stereocenters. The molecule has 3 heterocycles. The van der Waals surface area contributed by atoms with Crippen molar-refractivity contribution in [3.05, 3.63) is 42.3 Å². The van der Waals surface area contributed by atoms with E-state index < -0.39 is 0 Å². The molecule has 2 bridgehead atoms. The standard InChI is InChI=1S/C16H17N3O2/c20-15(19-13-8-11-6-7-12(13)18-11)14-9-17-16(21-14)10-4-2-1-3-5-10/h1-5,9,11-13,18H,6-8H2,(H,19,20)/t11-,12+,13-/m1/s1. The molecule has 5 heteroatoms. The maximum absolute atomic E-state index is 12.2. The fraction of sp³-hybridized carbons (Fsp3) is 0.375. The van der Waals surface area contributed by atoms with Crippen LogP contribution in [0.5, 0.6) is 0 Å². The number of nitrogens with zero attached hydrogens (tertiary/aromatic N) is 1. The molecule has 2 fully saturated rings. The summed E-state index contributed by atoms with van der Waals surface area (Å²) in [6, 6.07) is 10.8. The molecule has 2 aromatic rings. The molecular formula is C16H17N3O2. The van der Waals surface area contributed by atoms with Crippen molar-refractivity contribution in [3.63, 3.8) is 0 Å². The molecule has 0 saturated carbocycles. The molecule has 2 aliphatic rings. The number of oxazole rings is 1. The van der Waals surface area contributed by atoms with E-state index in [-0.39, 0.29) is 17.7 Å². The van der Waals surface area contributed by atoms with Crippen LogP contribution in [0.25, 0.3) is 11.5 Å². The number of aromatic nitrogens is 1. The first kappa shape index (κ1) is 12.6. The molecule has 1 amide bonds. The van der Waals surface area contributed by atoms with Crippen LogP contribution in [0.3, 0.4) is 0 Å². The summed E-state index contributed by atoms with van der Waals surface area (Å²) in [4.78, 5) is 16.4. The summed E-state index contributed by atoms with van der Waals surface area (Å²) in [5.74, 6) is 0.576. The van der Waals surface area contributed by atoms with Gasteiger partial charge in [-0.2, -0.15) is 0 Å². The van der Waals surface area contributed by atoms with Crippen LogP contribution in [-0.4, -0.2) is 29.0 Å². The Morgan fingerprint density at radius 2 is 2.14 bits per heavy atom. The number of rotatable bonds is 3. The molecule has 5 nitrogen and oxygen atoms in total. The van der Waals surface area contributed by atoms with Crippen LogP contribution in [0.2, 0.25) is 0 Å². The molecule has 108 valence electrons. The van der Waals surface area contributed by atoms with E-state index in [1.54, 1.807) is 0 Å². The molecule has 3 atom stereocenters. The Kier molecular flexibility index (Phi) is 3.00. The highest BCUT2D eigenvalue weighted by Gasteiger charge is 2.40. The molecular weight excluding hydrogens is 266 g/mol. The SMILES string of the molecule is O=C(N[C@@H]1C[C@H]2CC[C@@H]1N2)c1cnc(-c2ccccc2)o1. The molecule has 21 heavy (non-hydrogen) atoms. The number of carbonyl (C=O) groups is 1. The van der Waals surface area contributed by atoms with Crippen molar-refractivity contribution < 1.29 is 9.21 Å². The Balaban J connectivity index is 1.47. The summed E-state index contributed by atoms with van der Waals surface area (Å²) in [5.41, 5.74) is 0.873. The monoisotopic (exact) mass is 283 g/mol. The maximum Gasteiger partial charge on any atom is 0.289 e. The minimum atomic E-state index is -0.177. The van der Waals surface area contributed by atoms with E-state index >= 15 is 0 Å². The molecule has 1 aromatic carbocycles. The first-order valence-electron chi connectivity index (χ1n) is 7.38. The van der Waals surface area contributed by atoms with E-state index in [9.17, 15) is 4.79 Å². The molecule has 0 spiro atoms. The summed E-state index contributed by atoms with van der Waals surface area (Å²) >= 11 is 0. The minimum Gasteiger partial charge on any atom is -0.431 e. The highest BCUT2D eigenvalue weighted by Crippen LogP contribution is 2.28. The van der Waals surface area contributed by atoms with Gasteiger partial charge in [0, 0.05) is 23.7 Å². The predicted octanol–water partition coefficient (Wildman–Crippen LogP) is 1.96. The van der Waals surface area contributed by atoms with Gasteiger partial charge in [-0.15, -0.1) is 0 Å². The molecule has 0 radical (unpaired) electrons. The third-order valence-electron chi connectivity index (χ3n) is 4.37. The van der Waals surface area contributed by atoms with E-state index in [4.69, 9.17) is 4.42 Å². The number of fused-ring (bicyclic) bond motifs is 2. The third kappa shape index (κ3) is 2.34. The van der Waals surface area contributed by atoms with Crippen molar-refractivity contribution in [2.75, 3.05) is 0 Å². The quantitative estimate of drug-likeness (QED) is 0.903. The normalized spacial score (nSPS) is 27.0. The summed E-state index contributed by atoms with van der Waals surface area (Å²) in [7, 11) is 0. The third-order valence-corrected chi connectivity index (χ3v) is 4.37. The van der Waals surface area contributed by atoms with E-state index in [1.165, 1.54) is 12.6 Å². The van der Waals surface area contributed by atoms with Gasteiger partial charge in [0.05, 0.1) is 6.20 Å². The lowest BCUT2D eigenvalue weighted by atomic mass is 9.95. The lowest BCUT2D eigenvalue weighted by Gasteiger charge is -2.20. The van der Waals surface area contributed by atoms with E-state index in [0.717, 1.165) is 18.4 Å². The smallest absolute Gasteiger partial charge is 0.289 e. The predicted molar refractivity (Wildman–Crippen MR) is 77.8 cm³/mol. The molecule has 2 aliphatic heterocycles. The van der Waals surface area contributed by atoms with Crippen LogP contribution in [0.1, 0.15) is 29.8 Å². The van der Waals surface area contributed by atoms with Crippen molar-refractivity contribution in [1.29, 1.82) is 0 Å². The van der Waals surface area contributed by atoms with Crippen molar-refractivity contribution in [3.8, 4) is 11.5 Å². The van der Waals surface area contributed by atoms with Gasteiger partial charge in [-0.1, -0.05) is 18.2 Å². The Morgan fingerprint density at radius 1 is 1.29 bits per heavy atom. The molecule has 1 aromatic heterocycles. The Labute approximate surface area is 122 Å². The Morgan fingerprint density at radius 3 is 2.86 bits per heavy atom. The minimum absolute atomic E-state index is 0.177. The van der Waals surface area contributed by atoms with Gasteiger partial charge in [-0.05, 0) is 31.4 Å². The number of benzene rings is 1. The fourth-order valence-corrected chi connectivity index (χ4v) is 3.32. The molecule has 2 N–H and O–H groups in total. The number of hydrogen-bond acceptors (Lipinski definition) is 4. The first-order chi connectivity index (χ1) is 10.3. The van der Waals surface area contributed by atoms with Crippen LogP contribution in [0.15, 0.2) is 40.9 Å². The van der Waals surface area contributed by atoms with E-state index in [2.05, 4.69) is 15.6 Å². The highest BCUT2D eigenvalue weighted by atomic mass is 16.4.